The van der Waals surface area contributed by atoms with Crippen molar-refractivity contribution < 1.29 is 14.3 Å². The molecule has 0 bridgehead atoms. The highest BCUT2D eigenvalue weighted by atomic mass is 16.6. The first kappa shape index (κ1) is 16.6. The molecule has 5 heteroatoms. The zero-order valence-corrected chi connectivity index (χ0v) is 13.8. The monoisotopic (exact) mass is 306 g/mol. The van der Waals surface area contributed by atoms with Crippen LogP contribution in [0.1, 0.15) is 27.7 Å². The standard InChI is InChI=1S/C17H26N2O3/c1-11(2)16(18)17(20)19(12(3)4)9-13-10-21-14-7-5-6-8-15(14)22-13/h5-8,11-13,16H,9-10,18H2,1-4H3/t13-,16?/m0/s1. The highest BCUT2D eigenvalue weighted by molar-refractivity contribution is 5.82. The van der Waals surface area contributed by atoms with Crippen LogP contribution in [-0.2, 0) is 4.79 Å². The summed E-state index contributed by atoms with van der Waals surface area (Å²) in [5.41, 5.74) is 6.02. The summed E-state index contributed by atoms with van der Waals surface area (Å²) < 4.78 is 11.7. The summed E-state index contributed by atoms with van der Waals surface area (Å²) in [5, 5.41) is 0. The van der Waals surface area contributed by atoms with Gasteiger partial charge in [-0.3, -0.25) is 4.79 Å². The first-order chi connectivity index (χ1) is 10.4. The molecule has 2 N–H and O–H groups in total. The van der Waals surface area contributed by atoms with Gasteiger partial charge in [0.1, 0.15) is 6.61 Å². The molecule has 0 aliphatic carbocycles. The van der Waals surface area contributed by atoms with Crippen LogP contribution in [0.2, 0.25) is 0 Å². The fourth-order valence-electron chi connectivity index (χ4n) is 2.40. The third kappa shape index (κ3) is 3.71. The van der Waals surface area contributed by atoms with E-state index in [0.717, 1.165) is 11.5 Å². The van der Waals surface area contributed by atoms with Crippen LogP contribution >= 0.6 is 0 Å². The Morgan fingerprint density at radius 2 is 1.91 bits per heavy atom. The molecule has 2 atom stereocenters. The van der Waals surface area contributed by atoms with E-state index in [-0.39, 0.29) is 24.0 Å². The Labute approximate surface area is 132 Å². The maximum Gasteiger partial charge on any atom is 0.240 e. The zero-order valence-electron chi connectivity index (χ0n) is 13.8. The van der Waals surface area contributed by atoms with E-state index in [1.54, 1.807) is 4.90 Å². The summed E-state index contributed by atoms with van der Waals surface area (Å²) in [6.45, 7) is 8.80. The van der Waals surface area contributed by atoms with Gasteiger partial charge in [-0.15, -0.1) is 0 Å². The fourth-order valence-corrected chi connectivity index (χ4v) is 2.40. The Balaban J connectivity index is 2.05. The van der Waals surface area contributed by atoms with Crippen molar-refractivity contribution in [3.05, 3.63) is 24.3 Å². The van der Waals surface area contributed by atoms with Gasteiger partial charge in [0, 0.05) is 6.04 Å². The molecule has 0 radical (unpaired) electrons. The molecule has 0 fully saturated rings. The lowest BCUT2D eigenvalue weighted by Gasteiger charge is -2.35. The number of para-hydroxylation sites is 2. The molecule has 5 nitrogen and oxygen atoms in total. The number of carbonyl (C=O) groups excluding carboxylic acids is 1. The van der Waals surface area contributed by atoms with Gasteiger partial charge in [0.15, 0.2) is 17.6 Å². The topological polar surface area (TPSA) is 64.8 Å². The van der Waals surface area contributed by atoms with Gasteiger partial charge in [0.2, 0.25) is 5.91 Å². The Hall–Kier alpha value is -1.75. The van der Waals surface area contributed by atoms with Crippen molar-refractivity contribution in [3.8, 4) is 11.5 Å². The summed E-state index contributed by atoms with van der Waals surface area (Å²) in [4.78, 5) is 14.3. The van der Waals surface area contributed by atoms with Crippen LogP contribution in [0.25, 0.3) is 0 Å². The minimum atomic E-state index is -0.487. The smallest absolute Gasteiger partial charge is 0.240 e. The third-order valence-electron chi connectivity index (χ3n) is 3.88. The summed E-state index contributed by atoms with van der Waals surface area (Å²) in [6.07, 6.45) is -0.180. The van der Waals surface area contributed by atoms with Gasteiger partial charge in [-0.2, -0.15) is 0 Å². The molecule has 0 saturated carbocycles. The second-order valence-corrected chi connectivity index (χ2v) is 6.35. The van der Waals surface area contributed by atoms with E-state index in [4.69, 9.17) is 15.2 Å². The summed E-state index contributed by atoms with van der Waals surface area (Å²) in [5.74, 6) is 1.55. The quantitative estimate of drug-likeness (QED) is 0.904. The number of ether oxygens (including phenoxy) is 2. The number of hydrogen-bond acceptors (Lipinski definition) is 4. The molecule has 22 heavy (non-hydrogen) atoms. The molecule has 122 valence electrons. The lowest BCUT2D eigenvalue weighted by atomic mass is 10.0. The maximum atomic E-state index is 12.5. The summed E-state index contributed by atoms with van der Waals surface area (Å²) in [7, 11) is 0. The van der Waals surface area contributed by atoms with Gasteiger partial charge in [-0.25, -0.2) is 0 Å². The normalized spacial score (nSPS) is 18.4. The summed E-state index contributed by atoms with van der Waals surface area (Å²) >= 11 is 0. The van der Waals surface area contributed by atoms with E-state index in [1.807, 2.05) is 52.0 Å². The number of rotatable bonds is 5. The second-order valence-electron chi connectivity index (χ2n) is 6.35. The van der Waals surface area contributed by atoms with Gasteiger partial charge in [0.25, 0.3) is 0 Å². The van der Waals surface area contributed by atoms with E-state index in [9.17, 15) is 4.79 Å². The van der Waals surface area contributed by atoms with Crippen molar-refractivity contribution in [2.75, 3.05) is 13.2 Å². The molecule has 1 amide bonds. The number of fused-ring (bicyclic) bond motifs is 1. The molecule has 2 rings (SSSR count). The Morgan fingerprint density at radius 3 is 2.50 bits per heavy atom. The predicted octanol–water partition coefficient (Wildman–Crippen LogP) is 2.05. The minimum absolute atomic E-state index is 0.0348. The third-order valence-corrected chi connectivity index (χ3v) is 3.88. The maximum absolute atomic E-state index is 12.5. The predicted molar refractivity (Wildman–Crippen MR) is 86.0 cm³/mol. The highest BCUT2D eigenvalue weighted by Crippen LogP contribution is 2.31. The molecule has 1 aliphatic rings. The van der Waals surface area contributed by atoms with E-state index >= 15 is 0 Å². The fraction of sp³-hybridized carbons (Fsp3) is 0.588. The number of benzene rings is 1. The van der Waals surface area contributed by atoms with Crippen molar-refractivity contribution in [2.45, 2.75) is 45.9 Å². The second kappa shape index (κ2) is 7.01. The zero-order chi connectivity index (χ0) is 16.3. The first-order valence-corrected chi connectivity index (χ1v) is 7.84. The molecule has 0 aromatic heterocycles. The van der Waals surface area contributed by atoms with Crippen molar-refractivity contribution in [3.63, 3.8) is 0 Å². The van der Waals surface area contributed by atoms with Crippen molar-refractivity contribution in [2.24, 2.45) is 11.7 Å². The number of hydrogen-bond donors (Lipinski definition) is 1. The Bertz CT molecular complexity index is 516. The van der Waals surface area contributed by atoms with Gasteiger partial charge in [-0.1, -0.05) is 26.0 Å². The molecule has 1 unspecified atom stereocenters. The van der Waals surface area contributed by atoms with E-state index in [2.05, 4.69) is 0 Å². The molecule has 0 spiro atoms. The van der Waals surface area contributed by atoms with E-state index in [0.29, 0.717) is 13.2 Å². The highest BCUT2D eigenvalue weighted by Gasteiger charge is 2.30. The van der Waals surface area contributed by atoms with Crippen molar-refractivity contribution in [1.29, 1.82) is 0 Å². The van der Waals surface area contributed by atoms with Crippen LogP contribution in [0.15, 0.2) is 24.3 Å². The number of nitrogens with two attached hydrogens (primary N) is 1. The van der Waals surface area contributed by atoms with Crippen LogP contribution in [0, 0.1) is 5.92 Å². The van der Waals surface area contributed by atoms with Crippen LogP contribution in [0.4, 0.5) is 0 Å². The van der Waals surface area contributed by atoms with Crippen LogP contribution in [-0.4, -0.2) is 42.1 Å². The molecular weight excluding hydrogens is 280 g/mol. The summed E-state index contributed by atoms with van der Waals surface area (Å²) in [6, 6.07) is 7.16. The molecular formula is C17H26N2O3. The first-order valence-electron chi connectivity index (χ1n) is 7.84. The van der Waals surface area contributed by atoms with E-state index < -0.39 is 6.04 Å². The van der Waals surface area contributed by atoms with Gasteiger partial charge in [-0.05, 0) is 31.9 Å². The van der Waals surface area contributed by atoms with Crippen molar-refractivity contribution >= 4 is 5.91 Å². The molecule has 1 aromatic rings. The minimum Gasteiger partial charge on any atom is -0.486 e. The number of carbonyl (C=O) groups is 1. The SMILES string of the molecule is CC(C)C(N)C(=O)N(C[C@H]1COc2ccccc2O1)C(C)C. The largest absolute Gasteiger partial charge is 0.486 e. The number of nitrogens with zero attached hydrogens (tertiary/aromatic N) is 1. The molecule has 1 aromatic carbocycles. The van der Waals surface area contributed by atoms with E-state index in [1.165, 1.54) is 0 Å². The van der Waals surface area contributed by atoms with Crippen LogP contribution < -0.4 is 15.2 Å². The Morgan fingerprint density at radius 1 is 1.27 bits per heavy atom. The van der Waals surface area contributed by atoms with Crippen LogP contribution in [0.3, 0.4) is 0 Å². The molecule has 0 saturated heterocycles. The number of amides is 1. The average Bonchev–Trinajstić information content (AvgIpc) is 2.50. The Kier molecular flexibility index (Phi) is 5.29. The molecule has 1 heterocycles. The lowest BCUT2D eigenvalue weighted by molar-refractivity contribution is -0.137. The van der Waals surface area contributed by atoms with Gasteiger partial charge < -0.3 is 20.1 Å². The van der Waals surface area contributed by atoms with Crippen molar-refractivity contribution in [1.82, 2.24) is 4.90 Å². The molecule has 1 aliphatic heterocycles. The lowest BCUT2D eigenvalue weighted by Crippen LogP contribution is -2.53. The average molecular weight is 306 g/mol. The van der Waals surface area contributed by atoms with Gasteiger partial charge in [0.05, 0.1) is 12.6 Å². The van der Waals surface area contributed by atoms with Gasteiger partial charge >= 0.3 is 0 Å². The van der Waals surface area contributed by atoms with Crippen LogP contribution in [0.5, 0.6) is 11.5 Å².